The normalized spacial score (nSPS) is 17.3. The molecule has 1 aliphatic heterocycles. The highest BCUT2D eigenvalue weighted by atomic mass is 16.6. The minimum absolute atomic E-state index is 0.0246. The van der Waals surface area contributed by atoms with Crippen molar-refractivity contribution in [2.24, 2.45) is 0 Å². The van der Waals surface area contributed by atoms with Crippen LogP contribution in [0.3, 0.4) is 0 Å². The smallest absolute Gasteiger partial charge is 0.407 e. The molecule has 0 aromatic heterocycles. The molecule has 0 spiro atoms. The lowest BCUT2D eigenvalue weighted by Gasteiger charge is -2.32. The van der Waals surface area contributed by atoms with Crippen molar-refractivity contribution in [1.29, 1.82) is 0 Å². The van der Waals surface area contributed by atoms with Gasteiger partial charge in [0.1, 0.15) is 6.10 Å². The molecule has 0 saturated carbocycles. The van der Waals surface area contributed by atoms with Crippen LogP contribution < -0.4 is 10.6 Å². The summed E-state index contributed by atoms with van der Waals surface area (Å²) in [6.45, 7) is 11.8. The molecule has 2 rings (SSSR count). The summed E-state index contributed by atoms with van der Waals surface area (Å²) in [4.78, 5) is 66.1. The molecule has 1 fully saturated rings. The van der Waals surface area contributed by atoms with E-state index in [1.807, 2.05) is 4.90 Å². The largest absolute Gasteiger partial charge is 0.480 e. The Labute approximate surface area is 442 Å². The average molecular weight is 1080 g/mol. The van der Waals surface area contributed by atoms with Gasteiger partial charge in [0.15, 0.2) is 0 Å². The van der Waals surface area contributed by atoms with Crippen LogP contribution in [0.4, 0.5) is 4.79 Å². The summed E-state index contributed by atoms with van der Waals surface area (Å²) in [6.07, 6.45) is 8.69. The van der Waals surface area contributed by atoms with E-state index in [0.717, 1.165) is 32.1 Å². The standard InChI is InChI=1S/C49H90N6O20/c56-45(40-52-10-12-53(41-46(57)58)14-16-55(43-48(61)62)17-15-54(13-11-52)42-47(59)60)50-8-18-64-20-22-66-24-26-68-28-30-70-32-34-72-36-38-74-39-37-73-35-33-71-31-29-69-27-25-67-23-21-65-19-9-51-49(63)75-44-6-4-2-1-3-5-7-44/h1-2,44H,3-43H2,(H,50,56)(H,51,63)(H,57,58)(H,59,60)(H,61,62)/b2-1+. The van der Waals surface area contributed by atoms with Crippen molar-refractivity contribution in [2.45, 2.75) is 38.2 Å². The van der Waals surface area contributed by atoms with Crippen LogP contribution >= 0.6 is 0 Å². The molecule has 1 saturated heterocycles. The van der Waals surface area contributed by atoms with E-state index in [-0.39, 0.29) is 51.3 Å². The maximum atomic E-state index is 12.8. The van der Waals surface area contributed by atoms with Crippen molar-refractivity contribution in [3.63, 3.8) is 0 Å². The van der Waals surface area contributed by atoms with Crippen molar-refractivity contribution in [3.05, 3.63) is 12.2 Å². The lowest BCUT2D eigenvalue weighted by Crippen LogP contribution is -2.50. The Bertz CT molecular complexity index is 1440. The van der Waals surface area contributed by atoms with Crippen LogP contribution in [-0.4, -0.2) is 308 Å². The number of carboxylic acid groups (broad SMARTS) is 3. The lowest BCUT2D eigenvalue weighted by atomic mass is 10.0. The van der Waals surface area contributed by atoms with E-state index in [1.54, 1.807) is 14.7 Å². The summed E-state index contributed by atoms with van der Waals surface area (Å²) in [5.74, 6) is -3.30. The number of ether oxygens (including phenoxy) is 12. The summed E-state index contributed by atoms with van der Waals surface area (Å²) in [5.41, 5.74) is 0. The minimum Gasteiger partial charge on any atom is -0.480 e. The third-order valence-corrected chi connectivity index (χ3v) is 11.2. The zero-order chi connectivity index (χ0) is 54.1. The molecule has 0 aromatic rings. The Morgan fingerprint density at radius 1 is 0.373 bits per heavy atom. The average Bonchev–Trinajstić information content (AvgIpc) is 3.36. The molecule has 0 radical (unpaired) electrons. The van der Waals surface area contributed by atoms with Gasteiger partial charge in [-0.2, -0.15) is 0 Å². The molecule has 26 nitrogen and oxygen atoms in total. The summed E-state index contributed by atoms with van der Waals surface area (Å²) in [7, 11) is 0. The van der Waals surface area contributed by atoms with Gasteiger partial charge in [-0.1, -0.05) is 12.2 Å². The molecule has 1 aliphatic carbocycles. The fourth-order valence-electron chi connectivity index (χ4n) is 7.27. The van der Waals surface area contributed by atoms with Gasteiger partial charge in [-0.3, -0.25) is 38.8 Å². The summed E-state index contributed by atoms with van der Waals surface area (Å²) >= 11 is 0. The van der Waals surface area contributed by atoms with Gasteiger partial charge in [-0.15, -0.1) is 0 Å². The number of nitrogens with one attached hydrogen (secondary N) is 2. The van der Waals surface area contributed by atoms with Crippen LogP contribution in [0.25, 0.3) is 0 Å². The molecule has 1 atom stereocenters. The monoisotopic (exact) mass is 1080 g/mol. The molecule has 0 aromatic carbocycles. The van der Waals surface area contributed by atoms with Crippen LogP contribution in [0.1, 0.15) is 32.1 Å². The molecule has 436 valence electrons. The Morgan fingerprint density at radius 3 is 0.973 bits per heavy atom. The number of hydrogen-bond donors (Lipinski definition) is 5. The Morgan fingerprint density at radius 2 is 0.653 bits per heavy atom. The van der Waals surface area contributed by atoms with E-state index in [4.69, 9.17) is 56.8 Å². The quantitative estimate of drug-likeness (QED) is 0.0375. The second-order valence-corrected chi connectivity index (χ2v) is 17.3. The predicted octanol–water partition coefficient (Wildman–Crippen LogP) is -0.624. The molecular weight excluding hydrogens is 993 g/mol. The molecule has 75 heavy (non-hydrogen) atoms. The zero-order valence-corrected chi connectivity index (χ0v) is 44.3. The maximum Gasteiger partial charge on any atom is 0.407 e. The fourth-order valence-corrected chi connectivity index (χ4v) is 7.27. The lowest BCUT2D eigenvalue weighted by molar-refractivity contribution is -0.140. The Kier molecular flexibility index (Phi) is 43.7. The molecule has 2 aliphatic rings. The van der Waals surface area contributed by atoms with E-state index in [1.165, 1.54) is 0 Å². The van der Waals surface area contributed by atoms with Gasteiger partial charge >= 0.3 is 24.0 Å². The summed E-state index contributed by atoms with van der Waals surface area (Å²) < 4.78 is 66.1. The molecule has 26 heteroatoms. The van der Waals surface area contributed by atoms with Gasteiger partial charge in [0.25, 0.3) is 0 Å². The zero-order valence-electron chi connectivity index (χ0n) is 44.3. The second-order valence-electron chi connectivity index (χ2n) is 17.3. The van der Waals surface area contributed by atoms with Crippen molar-refractivity contribution < 1.29 is 96.1 Å². The number of carbonyl (C=O) groups excluding carboxylic acids is 2. The number of carboxylic acids is 3. The van der Waals surface area contributed by atoms with Crippen molar-refractivity contribution in [2.75, 3.05) is 237 Å². The maximum absolute atomic E-state index is 12.8. The van der Waals surface area contributed by atoms with Gasteiger partial charge < -0.3 is 82.8 Å². The predicted molar refractivity (Wildman–Crippen MR) is 271 cm³/mol. The second kappa shape index (κ2) is 48.6. The highest BCUT2D eigenvalue weighted by Gasteiger charge is 2.21. The third-order valence-electron chi connectivity index (χ3n) is 11.2. The first-order valence-electron chi connectivity index (χ1n) is 26.4. The first kappa shape index (κ1) is 67.4. The van der Waals surface area contributed by atoms with Crippen LogP contribution in [0.2, 0.25) is 0 Å². The molecule has 2 amide bonds. The number of carbonyl (C=O) groups is 5. The van der Waals surface area contributed by atoms with Crippen molar-refractivity contribution >= 4 is 29.9 Å². The summed E-state index contributed by atoms with van der Waals surface area (Å²) in [6, 6.07) is 0. The number of hydrogen-bond acceptors (Lipinski definition) is 21. The Balaban J connectivity index is 1.29. The third kappa shape index (κ3) is 44.0. The van der Waals surface area contributed by atoms with E-state index in [9.17, 15) is 39.3 Å². The highest BCUT2D eigenvalue weighted by Crippen LogP contribution is 2.15. The van der Waals surface area contributed by atoms with Crippen LogP contribution in [0.15, 0.2) is 12.2 Å². The topological polar surface area (TPSA) is 294 Å². The molecule has 0 bridgehead atoms. The number of aliphatic carboxylic acids is 3. The van der Waals surface area contributed by atoms with Gasteiger partial charge in [-0.25, -0.2) is 4.79 Å². The van der Waals surface area contributed by atoms with Gasteiger partial charge in [0, 0.05) is 65.4 Å². The minimum atomic E-state index is -1.02. The molecular formula is C49H90N6O20. The molecule has 1 heterocycles. The van der Waals surface area contributed by atoms with E-state index in [0.29, 0.717) is 198 Å². The van der Waals surface area contributed by atoms with E-state index < -0.39 is 24.0 Å². The number of allylic oxidation sites excluding steroid dienone is 2. The SMILES string of the molecule is O=C(O)CN1CCN(CC(=O)O)CCN(CC(=O)NCCOCCOCCOCCOCCOCCOCCOCCOCCOCCOCCOCCNC(=O)OC2CC/C=C/CCC2)CCN(CC(=O)O)CC1. The number of rotatable bonds is 45. The number of amides is 2. The van der Waals surface area contributed by atoms with Gasteiger partial charge in [0.05, 0.1) is 172 Å². The fraction of sp³-hybridized carbons (Fsp3) is 0.857. The van der Waals surface area contributed by atoms with Crippen LogP contribution in [-0.2, 0) is 76.0 Å². The first-order chi connectivity index (χ1) is 36.6. The van der Waals surface area contributed by atoms with Gasteiger partial charge in [-0.05, 0) is 32.1 Å². The highest BCUT2D eigenvalue weighted by molar-refractivity contribution is 5.78. The van der Waals surface area contributed by atoms with Crippen molar-refractivity contribution in [1.82, 2.24) is 30.2 Å². The van der Waals surface area contributed by atoms with Gasteiger partial charge in [0.2, 0.25) is 5.91 Å². The van der Waals surface area contributed by atoms with Crippen LogP contribution in [0.5, 0.6) is 0 Å². The first-order valence-corrected chi connectivity index (χ1v) is 26.4. The summed E-state index contributed by atoms with van der Waals surface area (Å²) in [5, 5.41) is 33.7. The number of alkyl carbamates (subject to hydrolysis) is 1. The molecule has 1 unspecified atom stereocenters. The van der Waals surface area contributed by atoms with Crippen molar-refractivity contribution in [3.8, 4) is 0 Å². The van der Waals surface area contributed by atoms with E-state index in [2.05, 4.69) is 22.8 Å². The Hall–Kier alpha value is -3.71. The van der Waals surface area contributed by atoms with E-state index >= 15 is 0 Å². The number of nitrogens with zero attached hydrogens (tertiary/aromatic N) is 4. The van der Waals surface area contributed by atoms with Crippen LogP contribution in [0, 0.1) is 0 Å². The molecule has 5 N–H and O–H groups in total.